The minimum Gasteiger partial charge on any atom is -0.399 e. The molecule has 2 N–H and O–H groups in total. The molecule has 0 aromatic heterocycles. The topological polar surface area (TPSA) is 49.6 Å². The maximum Gasteiger partial charge on any atom is 0.254 e. The number of piperazine rings is 1. The molecule has 0 radical (unpaired) electrons. The van der Waals surface area contributed by atoms with Crippen LogP contribution in [0.3, 0.4) is 0 Å². The van der Waals surface area contributed by atoms with Crippen molar-refractivity contribution in [1.82, 2.24) is 9.80 Å². The van der Waals surface area contributed by atoms with Crippen LogP contribution in [0.2, 0.25) is 0 Å². The summed E-state index contributed by atoms with van der Waals surface area (Å²) >= 11 is 0. The van der Waals surface area contributed by atoms with E-state index in [1.54, 1.807) is 12.1 Å². The average molecular weight is 275 g/mol. The molecule has 1 aromatic carbocycles. The van der Waals surface area contributed by atoms with E-state index in [9.17, 15) is 4.79 Å². The number of nitrogen functional groups attached to an aromatic ring is 1. The maximum absolute atomic E-state index is 12.4. The lowest BCUT2D eigenvalue weighted by Gasteiger charge is -2.35. The van der Waals surface area contributed by atoms with Gasteiger partial charge in [0.05, 0.1) is 0 Å². The highest BCUT2D eigenvalue weighted by Gasteiger charge is 2.21. The lowest BCUT2D eigenvalue weighted by molar-refractivity contribution is 0.0632. The van der Waals surface area contributed by atoms with Crippen molar-refractivity contribution < 1.29 is 4.79 Å². The predicted molar refractivity (Wildman–Crippen MR) is 82.7 cm³/mol. The smallest absolute Gasteiger partial charge is 0.254 e. The largest absolute Gasteiger partial charge is 0.399 e. The van der Waals surface area contributed by atoms with E-state index in [2.05, 4.69) is 18.7 Å². The van der Waals surface area contributed by atoms with Gasteiger partial charge in [0.15, 0.2) is 0 Å². The maximum atomic E-state index is 12.4. The van der Waals surface area contributed by atoms with E-state index < -0.39 is 0 Å². The van der Waals surface area contributed by atoms with E-state index in [-0.39, 0.29) is 5.91 Å². The summed E-state index contributed by atoms with van der Waals surface area (Å²) in [5.74, 6) is 0.836. The van der Waals surface area contributed by atoms with E-state index in [0.29, 0.717) is 11.3 Å². The molecule has 2 rings (SSSR count). The normalized spacial score (nSPS) is 16.6. The van der Waals surface area contributed by atoms with Crippen LogP contribution in [-0.4, -0.2) is 48.4 Å². The molecule has 0 unspecified atom stereocenters. The number of rotatable bonds is 4. The molecule has 1 amide bonds. The number of amides is 1. The molecule has 1 fully saturated rings. The van der Waals surface area contributed by atoms with Crippen molar-refractivity contribution in [3.63, 3.8) is 0 Å². The van der Waals surface area contributed by atoms with Crippen molar-refractivity contribution in [3.05, 3.63) is 29.8 Å². The van der Waals surface area contributed by atoms with Crippen LogP contribution in [0.25, 0.3) is 0 Å². The minimum absolute atomic E-state index is 0.0980. The second-order valence-corrected chi connectivity index (χ2v) is 5.94. The van der Waals surface area contributed by atoms with Gasteiger partial charge in [0.2, 0.25) is 0 Å². The molecule has 0 bridgehead atoms. The van der Waals surface area contributed by atoms with E-state index in [1.807, 2.05) is 17.0 Å². The number of nitrogens with two attached hydrogens (primary N) is 1. The Balaban J connectivity index is 1.86. The Morgan fingerprint density at radius 2 is 1.95 bits per heavy atom. The van der Waals surface area contributed by atoms with Crippen molar-refractivity contribution >= 4 is 11.6 Å². The van der Waals surface area contributed by atoms with Gasteiger partial charge in [-0.1, -0.05) is 19.9 Å². The number of hydrogen-bond donors (Lipinski definition) is 1. The summed E-state index contributed by atoms with van der Waals surface area (Å²) in [6.07, 6.45) is 1.23. The molecule has 1 heterocycles. The third-order valence-electron chi connectivity index (χ3n) is 3.82. The highest BCUT2D eigenvalue weighted by atomic mass is 16.2. The van der Waals surface area contributed by atoms with Crippen molar-refractivity contribution in [2.75, 3.05) is 38.5 Å². The second-order valence-electron chi connectivity index (χ2n) is 5.94. The molecule has 1 saturated heterocycles. The van der Waals surface area contributed by atoms with Gasteiger partial charge in [-0.05, 0) is 37.1 Å². The lowest BCUT2D eigenvalue weighted by atomic mass is 10.1. The van der Waals surface area contributed by atoms with Crippen LogP contribution in [0.1, 0.15) is 30.6 Å². The zero-order valence-corrected chi connectivity index (χ0v) is 12.5. The Bertz CT molecular complexity index is 451. The summed E-state index contributed by atoms with van der Waals surface area (Å²) < 4.78 is 0. The number of carbonyl (C=O) groups excluding carboxylic acids is 1. The summed E-state index contributed by atoms with van der Waals surface area (Å²) in [5.41, 5.74) is 7.08. The number of carbonyl (C=O) groups is 1. The van der Waals surface area contributed by atoms with E-state index in [1.165, 1.54) is 6.42 Å². The molecule has 0 aliphatic carbocycles. The first-order valence-corrected chi connectivity index (χ1v) is 7.43. The molecule has 1 aliphatic heterocycles. The zero-order chi connectivity index (χ0) is 14.5. The number of benzene rings is 1. The molecule has 110 valence electrons. The Kier molecular flexibility index (Phi) is 5.01. The molecule has 1 aromatic rings. The molecule has 0 saturated carbocycles. The van der Waals surface area contributed by atoms with Gasteiger partial charge < -0.3 is 10.6 Å². The van der Waals surface area contributed by atoms with Crippen molar-refractivity contribution in [3.8, 4) is 0 Å². The first kappa shape index (κ1) is 14.9. The quantitative estimate of drug-likeness (QED) is 0.856. The minimum atomic E-state index is 0.0980. The first-order chi connectivity index (χ1) is 9.56. The van der Waals surface area contributed by atoms with Crippen LogP contribution in [0.5, 0.6) is 0 Å². The molecule has 0 spiro atoms. The first-order valence-electron chi connectivity index (χ1n) is 7.43. The summed E-state index contributed by atoms with van der Waals surface area (Å²) in [6, 6.07) is 7.24. The highest BCUT2D eigenvalue weighted by Crippen LogP contribution is 2.12. The number of anilines is 1. The second kappa shape index (κ2) is 6.75. The summed E-state index contributed by atoms with van der Waals surface area (Å²) in [5, 5.41) is 0. The van der Waals surface area contributed by atoms with Gasteiger partial charge in [-0.3, -0.25) is 9.69 Å². The van der Waals surface area contributed by atoms with Crippen molar-refractivity contribution in [2.24, 2.45) is 5.92 Å². The van der Waals surface area contributed by atoms with Crippen LogP contribution in [0.4, 0.5) is 5.69 Å². The van der Waals surface area contributed by atoms with Gasteiger partial charge in [-0.15, -0.1) is 0 Å². The number of hydrogen-bond acceptors (Lipinski definition) is 3. The Morgan fingerprint density at radius 3 is 2.55 bits per heavy atom. The van der Waals surface area contributed by atoms with Gasteiger partial charge in [0, 0.05) is 37.4 Å². The van der Waals surface area contributed by atoms with Gasteiger partial charge in [-0.25, -0.2) is 0 Å². The summed E-state index contributed by atoms with van der Waals surface area (Å²) in [4.78, 5) is 16.8. The Morgan fingerprint density at radius 1 is 1.25 bits per heavy atom. The van der Waals surface area contributed by atoms with Crippen molar-refractivity contribution in [2.45, 2.75) is 20.3 Å². The molecule has 1 aliphatic rings. The molecular weight excluding hydrogens is 250 g/mol. The standard InChI is InChI=1S/C16H25N3O/c1-13(2)6-7-18-8-10-19(11-9-18)16(20)14-4-3-5-15(17)12-14/h3-5,12-13H,6-11,17H2,1-2H3. The fourth-order valence-electron chi connectivity index (χ4n) is 2.47. The van der Waals surface area contributed by atoms with Crippen molar-refractivity contribution in [1.29, 1.82) is 0 Å². The number of nitrogens with zero attached hydrogens (tertiary/aromatic N) is 2. The Labute approximate surface area is 121 Å². The summed E-state index contributed by atoms with van der Waals surface area (Å²) in [7, 11) is 0. The van der Waals surface area contributed by atoms with Gasteiger partial charge >= 0.3 is 0 Å². The SMILES string of the molecule is CC(C)CCN1CCN(C(=O)c2cccc(N)c2)CC1. The van der Waals surface area contributed by atoms with Crippen LogP contribution in [-0.2, 0) is 0 Å². The van der Waals surface area contributed by atoms with E-state index in [4.69, 9.17) is 5.73 Å². The van der Waals surface area contributed by atoms with Gasteiger partial charge in [0.1, 0.15) is 0 Å². The van der Waals surface area contributed by atoms with Crippen LogP contribution in [0, 0.1) is 5.92 Å². The third-order valence-corrected chi connectivity index (χ3v) is 3.82. The lowest BCUT2D eigenvalue weighted by Crippen LogP contribution is -2.49. The zero-order valence-electron chi connectivity index (χ0n) is 12.5. The van der Waals surface area contributed by atoms with Crippen LogP contribution >= 0.6 is 0 Å². The summed E-state index contributed by atoms with van der Waals surface area (Å²) in [6.45, 7) is 9.20. The van der Waals surface area contributed by atoms with Gasteiger partial charge in [0.25, 0.3) is 5.91 Å². The van der Waals surface area contributed by atoms with Gasteiger partial charge in [-0.2, -0.15) is 0 Å². The molecular formula is C16H25N3O. The molecule has 4 nitrogen and oxygen atoms in total. The average Bonchev–Trinajstić information content (AvgIpc) is 2.45. The van der Waals surface area contributed by atoms with Crippen LogP contribution < -0.4 is 5.73 Å². The molecule has 0 atom stereocenters. The van der Waals surface area contributed by atoms with E-state index in [0.717, 1.165) is 38.6 Å². The predicted octanol–water partition coefficient (Wildman–Crippen LogP) is 2.07. The third kappa shape index (κ3) is 3.97. The fourth-order valence-corrected chi connectivity index (χ4v) is 2.47. The van der Waals surface area contributed by atoms with E-state index >= 15 is 0 Å². The monoisotopic (exact) mass is 275 g/mol. The molecule has 4 heteroatoms. The van der Waals surface area contributed by atoms with Crippen LogP contribution in [0.15, 0.2) is 24.3 Å². The highest BCUT2D eigenvalue weighted by molar-refractivity contribution is 5.95. The molecule has 20 heavy (non-hydrogen) atoms. The fraction of sp³-hybridized carbons (Fsp3) is 0.562. The Hall–Kier alpha value is -1.55.